The minimum Gasteiger partial charge on any atom is -0.130 e. The van der Waals surface area contributed by atoms with Crippen molar-refractivity contribution < 1.29 is 0 Å². The molecule has 0 aromatic carbocycles. The quantitative estimate of drug-likeness (QED) is 0.0617. The van der Waals surface area contributed by atoms with Gasteiger partial charge in [-0.1, -0.05) is 170 Å². The summed E-state index contributed by atoms with van der Waals surface area (Å²) in [5.41, 5.74) is 0. The molecule has 7 unspecified atom stereocenters. The molecular formula is C36H77P3. The summed E-state index contributed by atoms with van der Waals surface area (Å²) in [7, 11) is 11.0. The van der Waals surface area contributed by atoms with Crippen molar-refractivity contribution >= 4 is 27.7 Å². The molecule has 0 saturated carbocycles. The van der Waals surface area contributed by atoms with Gasteiger partial charge in [0.05, 0.1) is 0 Å². The van der Waals surface area contributed by atoms with Gasteiger partial charge in [0, 0.05) is 5.16 Å². The van der Waals surface area contributed by atoms with E-state index in [0.29, 0.717) is 0 Å². The Hall–Kier alpha value is 1.29. The van der Waals surface area contributed by atoms with Crippen molar-refractivity contribution in [1.82, 2.24) is 0 Å². The second-order valence-electron chi connectivity index (χ2n) is 13.6. The third kappa shape index (κ3) is 13.6. The lowest BCUT2D eigenvalue weighted by Crippen LogP contribution is -2.63. The molecule has 0 amide bonds. The molecule has 39 heavy (non-hydrogen) atoms. The predicted molar refractivity (Wildman–Crippen MR) is 195 cm³/mol. The fourth-order valence-electron chi connectivity index (χ4n) is 7.33. The summed E-state index contributed by atoms with van der Waals surface area (Å²) in [4.78, 5) is 0. The molecule has 0 aromatic rings. The van der Waals surface area contributed by atoms with Crippen LogP contribution in [0.25, 0.3) is 0 Å². The normalized spacial score (nSPS) is 18.3. The Morgan fingerprint density at radius 1 is 0.385 bits per heavy atom. The summed E-state index contributed by atoms with van der Waals surface area (Å²) in [5.74, 6) is 1.48. The smallest absolute Gasteiger partial charge is 0.00355 e. The minimum atomic E-state index is 0.233. The molecule has 0 saturated heterocycles. The summed E-state index contributed by atoms with van der Waals surface area (Å²) in [6.45, 7) is 17.1. The first-order valence-electron chi connectivity index (χ1n) is 18.0. The van der Waals surface area contributed by atoms with Crippen LogP contribution in [-0.4, -0.2) is 15.5 Å². The predicted octanol–water partition coefficient (Wildman–Crippen LogP) is 13.6. The van der Waals surface area contributed by atoms with E-state index >= 15 is 0 Å². The third-order valence-corrected chi connectivity index (χ3v) is 15.2. The Kier molecular flexibility index (Phi) is 24.5. The second kappa shape index (κ2) is 23.7. The van der Waals surface area contributed by atoms with E-state index in [1.807, 2.05) is 0 Å². The van der Waals surface area contributed by atoms with Crippen LogP contribution in [0.4, 0.5) is 0 Å². The average Bonchev–Trinajstić information content (AvgIpc) is 2.93. The van der Waals surface area contributed by atoms with Crippen LogP contribution in [0.2, 0.25) is 0 Å². The van der Waals surface area contributed by atoms with E-state index < -0.39 is 0 Å². The Morgan fingerprint density at radius 2 is 0.667 bits per heavy atom. The zero-order valence-electron chi connectivity index (χ0n) is 28.4. The van der Waals surface area contributed by atoms with Crippen molar-refractivity contribution in [2.75, 3.05) is 0 Å². The van der Waals surface area contributed by atoms with Gasteiger partial charge in [0.25, 0.3) is 0 Å². The van der Waals surface area contributed by atoms with Gasteiger partial charge in [-0.05, 0) is 54.3 Å². The van der Waals surface area contributed by atoms with Crippen LogP contribution >= 0.6 is 27.7 Å². The Morgan fingerprint density at radius 3 is 1.00 bits per heavy atom. The fourth-order valence-corrected chi connectivity index (χ4v) is 10.1. The summed E-state index contributed by atoms with van der Waals surface area (Å²) in [6.07, 6.45) is 33.1. The number of rotatable bonds is 28. The van der Waals surface area contributed by atoms with Gasteiger partial charge in [-0.25, -0.2) is 0 Å². The maximum atomic E-state index is 3.69. The van der Waals surface area contributed by atoms with Crippen molar-refractivity contribution in [2.45, 2.75) is 218 Å². The van der Waals surface area contributed by atoms with E-state index in [1.165, 1.54) is 154 Å². The van der Waals surface area contributed by atoms with Gasteiger partial charge in [0.2, 0.25) is 0 Å². The number of hydrogen-bond acceptors (Lipinski definition) is 0. The average molecular weight is 603 g/mol. The van der Waals surface area contributed by atoms with E-state index in [1.54, 1.807) is 0 Å². The SMILES string of the molecule is CCCCCCC(C)C(P)(CCCCCC)C(P)(CCCCC)C(P)(CCCCCC)C(C)CCCCCC. The molecule has 0 rings (SSSR count). The molecule has 0 aliphatic rings. The van der Waals surface area contributed by atoms with Gasteiger partial charge >= 0.3 is 0 Å². The number of unbranched alkanes of at least 4 members (excludes halogenated alkanes) is 14. The molecule has 0 bridgehead atoms. The monoisotopic (exact) mass is 603 g/mol. The summed E-state index contributed by atoms with van der Waals surface area (Å²) in [5, 5.41) is 0.780. The molecular weight excluding hydrogens is 525 g/mol. The first kappa shape index (κ1) is 40.3. The van der Waals surface area contributed by atoms with Gasteiger partial charge in [-0.2, -0.15) is 0 Å². The standard InChI is InChI=1S/C36H77P3/c1-8-13-18-22-27-32(6)34(37,29-25-20-15-10-3)36(39,31-24-17-12-5)35(38,30-26-21-16-11-4)33(7)28-23-19-14-9-2/h32-33H,8-31,37-39H2,1-7H3. The van der Waals surface area contributed by atoms with E-state index in [9.17, 15) is 0 Å². The van der Waals surface area contributed by atoms with Crippen molar-refractivity contribution in [3.05, 3.63) is 0 Å². The van der Waals surface area contributed by atoms with Gasteiger partial charge in [-0.3, -0.25) is 0 Å². The van der Waals surface area contributed by atoms with Crippen LogP contribution in [0.15, 0.2) is 0 Å². The topological polar surface area (TPSA) is 0 Å². The van der Waals surface area contributed by atoms with Crippen molar-refractivity contribution in [2.24, 2.45) is 11.8 Å². The lowest BCUT2D eigenvalue weighted by Gasteiger charge is -2.61. The molecule has 0 fully saturated rings. The zero-order valence-corrected chi connectivity index (χ0v) is 31.8. The van der Waals surface area contributed by atoms with Gasteiger partial charge in [0.1, 0.15) is 0 Å². The zero-order chi connectivity index (χ0) is 29.6. The van der Waals surface area contributed by atoms with Crippen molar-refractivity contribution in [3.8, 4) is 0 Å². The molecule has 0 aromatic heterocycles. The molecule has 0 aliphatic heterocycles. The molecule has 0 nitrogen and oxygen atoms in total. The summed E-state index contributed by atoms with van der Waals surface area (Å²) < 4.78 is 0. The van der Waals surface area contributed by atoms with E-state index in [4.69, 9.17) is 0 Å². The first-order chi connectivity index (χ1) is 18.6. The molecule has 7 atom stereocenters. The van der Waals surface area contributed by atoms with Gasteiger partial charge in [-0.15, -0.1) is 27.7 Å². The van der Waals surface area contributed by atoms with Crippen LogP contribution in [0.5, 0.6) is 0 Å². The Labute approximate surface area is 257 Å². The lowest BCUT2D eigenvalue weighted by atomic mass is 9.62. The van der Waals surface area contributed by atoms with Crippen LogP contribution in [0.1, 0.15) is 203 Å². The maximum absolute atomic E-state index is 3.69. The second-order valence-corrected chi connectivity index (χ2v) is 16.7. The molecule has 236 valence electrons. The van der Waals surface area contributed by atoms with E-state index in [0.717, 1.165) is 11.8 Å². The summed E-state index contributed by atoms with van der Waals surface area (Å²) >= 11 is 0. The van der Waals surface area contributed by atoms with Crippen LogP contribution < -0.4 is 0 Å². The highest BCUT2D eigenvalue weighted by atomic mass is 31.0. The minimum absolute atomic E-state index is 0.233. The third-order valence-electron chi connectivity index (χ3n) is 10.5. The van der Waals surface area contributed by atoms with E-state index in [-0.39, 0.29) is 15.5 Å². The largest absolute Gasteiger partial charge is 0.130 e. The lowest BCUT2D eigenvalue weighted by molar-refractivity contribution is 0.165. The van der Waals surface area contributed by atoms with Crippen LogP contribution in [0.3, 0.4) is 0 Å². The van der Waals surface area contributed by atoms with Crippen LogP contribution in [-0.2, 0) is 0 Å². The first-order valence-corrected chi connectivity index (χ1v) is 19.7. The fraction of sp³-hybridized carbons (Fsp3) is 1.00. The number of hydrogen-bond donors (Lipinski definition) is 0. The van der Waals surface area contributed by atoms with E-state index in [2.05, 4.69) is 76.2 Å². The Bertz CT molecular complexity index is 509. The van der Waals surface area contributed by atoms with Crippen molar-refractivity contribution in [1.29, 1.82) is 0 Å². The molecule has 3 heteroatoms. The highest BCUT2D eigenvalue weighted by Crippen LogP contribution is 2.63. The van der Waals surface area contributed by atoms with Crippen molar-refractivity contribution in [3.63, 3.8) is 0 Å². The maximum Gasteiger partial charge on any atom is 0.00355 e. The molecule has 0 radical (unpaired) electrons. The Balaban J connectivity index is 6.51. The molecule has 0 aliphatic carbocycles. The molecule has 0 N–H and O–H groups in total. The summed E-state index contributed by atoms with van der Waals surface area (Å²) in [6, 6.07) is 0. The van der Waals surface area contributed by atoms with Crippen LogP contribution in [0, 0.1) is 11.8 Å². The molecule has 0 spiro atoms. The van der Waals surface area contributed by atoms with Gasteiger partial charge in [0.15, 0.2) is 0 Å². The van der Waals surface area contributed by atoms with Gasteiger partial charge < -0.3 is 0 Å². The highest BCUT2D eigenvalue weighted by Gasteiger charge is 2.58. The highest BCUT2D eigenvalue weighted by molar-refractivity contribution is 7.28. The molecule has 0 heterocycles.